The molecule has 0 aromatic carbocycles. The lowest BCUT2D eigenvalue weighted by molar-refractivity contribution is -0.152. The van der Waals surface area contributed by atoms with Crippen LogP contribution in [0.3, 0.4) is 0 Å². The molecule has 0 aliphatic carbocycles. The molecule has 3 N–H and O–H groups in total. The molecule has 8 heteroatoms. The summed E-state index contributed by atoms with van der Waals surface area (Å²) in [5, 5.41) is 19.1. The van der Waals surface area contributed by atoms with Crippen molar-refractivity contribution in [3.63, 3.8) is 0 Å². The van der Waals surface area contributed by atoms with Gasteiger partial charge in [0.1, 0.15) is 6.04 Å². The summed E-state index contributed by atoms with van der Waals surface area (Å²) >= 11 is -2.67. The third-order valence-electron chi connectivity index (χ3n) is 4.26. The Morgan fingerprint density at radius 2 is 1.94 bits per heavy atom. The molecule has 0 bridgehead atoms. The zero-order valence-electron chi connectivity index (χ0n) is 10.8. The fourth-order valence-electron chi connectivity index (χ4n) is 2.56. The predicted octanol–water partition coefficient (Wildman–Crippen LogP) is -0.618. The minimum absolute atomic E-state index is 0.297. The summed E-state index contributed by atoms with van der Waals surface area (Å²) < 4.78 is 23.5. The van der Waals surface area contributed by atoms with Crippen molar-refractivity contribution in [3.05, 3.63) is 0 Å². The third-order valence-corrected chi connectivity index (χ3v) is 5.15. The van der Waals surface area contributed by atoms with Crippen LogP contribution in [0.1, 0.15) is 27.7 Å². The van der Waals surface area contributed by atoms with Gasteiger partial charge in [-0.1, -0.05) is 13.8 Å². The normalized spacial score (nSPS) is 43.5. The van der Waals surface area contributed by atoms with Gasteiger partial charge >= 0.3 is 0 Å². The van der Waals surface area contributed by atoms with Gasteiger partial charge in [0.05, 0.1) is 5.60 Å². The van der Waals surface area contributed by atoms with E-state index in [1.54, 1.807) is 20.8 Å². The van der Waals surface area contributed by atoms with E-state index in [2.05, 4.69) is 0 Å². The number of hydrogen-bond acceptors (Lipinski definition) is 5. The largest absolute Gasteiger partial charge is 0.760 e. The van der Waals surface area contributed by atoms with Gasteiger partial charge in [-0.2, -0.15) is 0 Å². The number of nitrogens with zero attached hydrogens (tertiary/aromatic N) is 1. The number of amides is 1. The van der Waals surface area contributed by atoms with E-state index in [-0.39, 0.29) is 5.92 Å². The predicted molar refractivity (Wildman–Crippen MR) is 62.9 cm³/mol. The van der Waals surface area contributed by atoms with Crippen LogP contribution in [0.25, 0.3) is 0 Å². The van der Waals surface area contributed by atoms with E-state index in [1.807, 2.05) is 0 Å². The minimum Gasteiger partial charge on any atom is -0.760 e. The van der Waals surface area contributed by atoms with Crippen LogP contribution in [-0.2, 0) is 16.1 Å². The second kappa shape index (κ2) is 5.22. The SMILES string of the molecule is CC1[C@H](C(=O)NO)N(S(=O)[O-])C(C)C(C)(O)[C@H]1C. The van der Waals surface area contributed by atoms with Gasteiger partial charge in [-0.3, -0.25) is 14.2 Å². The summed E-state index contributed by atoms with van der Waals surface area (Å²) in [6, 6.07) is -1.79. The Bertz CT molecular complexity index is 362. The molecule has 1 aliphatic rings. The Hall–Kier alpha value is -0.540. The van der Waals surface area contributed by atoms with E-state index in [1.165, 1.54) is 12.4 Å². The Morgan fingerprint density at radius 1 is 1.44 bits per heavy atom. The molecular formula is C10H19N2O5S-. The molecule has 6 atom stereocenters. The van der Waals surface area contributed by atoms with Crippen molar-refractivity contribution < 1.29 is 23.9 Å². The molecule has 0 aromatic heterocycles. The van der Waals surface area contributed by atoms with E-state index in [0.717, 1.165) is 4.31 Å². The minimum atomic E-state index is -2.67. The molecule has 1 rings (SSSR count). The van der Waals surface area contributed by atoms with Crippen LogP contribution in [0.15, 0.2) is 0 Å². The summed E-state index contributed by atoms with van der Waals surface area (Å²) in [7, 11) is 0. The quantitative estimate of drug-likeness (QED) is 0.354. The number of hydrogen-bond donors (Lipinski definition) is 3. The van der Waals surface area contributed by atoms with E-state index in [0.29, 0.717) is 0 Å². The first-order valence-electron chi connectivity index (χ1n) is 5.70. The summed E-state index contributed by atoms with van der Waals surface area (Å²) in [5.41, 5.74) is 0.239. The highest BCUT2D eigenvalue weighted by atomic mass is 32.2. The Kier molecular flexibility index (Phi) is 4.50. The number of carbonyl (C=O) groups is 1. The number of hydroxylamine groups is 1. The Morgan fingerprint density at radius 3 is 2.33 bits per heavy atom. The molecule has 106 valence electrons. The van der Waals surface area contributed by atoms with Gasteiger partial charge < -0.3 is 9.66 Å². The lowest BCUT2D eigenvalue weighted by Gasteiger charge is -2.53. The lowest BCUT2D eigenvalue weighted by Crippen LogP contribution is -2.68. The fourth-order valence-corrected chi connectivity index (χ4v) is 3.50. The molecule has 4 unspecified atom stereocenters. The van der Waals surface area contributed by atoms with Crippen LogP contribution in [0.4, 0.5) is 0 Å². The molecule has 0 radical (unpaired) electrons. The zero-order valence-corrected chi connectivity index (χ0v) is 11.6. The number of nitrogens with one attached hydrogen (secondary N) is 1. The molecule has 1 fully saturated rings. The maximum Gasteiger partial charge on any atom is 0.261 e. The van der Waals surface area contributed by atoms with Crippen LogP contribution >= 0.6 is 0 Å². The molecule has 1 saturated heterocycles. The van der Waals surface area contributed by atoms with Crippen molar-refractivity contribution in [2.45, 2.75) is 45.4 Å². The van der Waals surface area contributed by atoms with Gasteiger partial charge in [0.2, 0.25) is 0 Å². The molecule has 7 nitrogen and oxygen atoms in total. The van der Waals surface area contributed by atoms with Crippen LogP contribution < -0.4 is 5.48 Å². The van der Waals surface area contributed by atoms with Crippen LogP contribution in [-0.4, -0.2) is 47.0 Å². The molecule has 0 aromatic rings. The molecule has 1 aliphatic heterocycles. The Balaban J connectivity index is 3.23. The number of aliphatic hydroxyl groups is 1. The van der Waals surface area contributed by atoms with Gasteiger partial charge in [0.15, 0.2) is 0 Å². The van der Waals surface area contributed by atoms with Crippen molar-refractivity contribution in [2.24, 2.45) is 11.8 Å². The van der Waals surface area contributed by atoms with Gasteiger partial charge in [-0.25, -0.2) is 9.79 Å². The van der Waals surface area contributed by atoms with Gasteiger partial charge in [-0.05, 0) is 25.7 Å². The van der Waals surface area contributed by atoms with Gasteiger partial charge in [-0.15, -0.1) is 0 Å². The van der Waals surface area contributed by atoms with E-state index in [4.69, 9.17) is 5.21 Å². The van der Waals surface area contributed by atoms with Crippen LogP contribution in [0.2, 0.25) is 0 Å². The van der Waals surface area contributed by atoms with Crippen molar-refractivity contribution in [1.82, 2.24) is 9.79 Å². The average molecular weight is 279 g/mol. The van der Waals surface area contributed by atoms with Gasteiger partial charge in [0.25, 0.3) is 5.91 Å². The standard InChI is InChI=1S/C10H20N2O5S/c1-5-6(2)10(4,14)7(3)12(18(16)17)8(5)9(13)11-15/h5-8,14-15H,1-4H3,(H,11,13)(H,16,17)/p-1/t5?,6-,7?,8+,10?/m0/s1. The fraction of sp³-hybridized carbons (Fsp3) is 0.900. The first-order chi connectivity index (χ1) is 8.16. The van der Waals surface area contributed by atoms with Crippen LogP contribution in [0.5, 0.6) is 0 Å². The average Bonchev–Trinajstić information content (AvgIpc) is 2.30. The topological polar surface area (TPSA) is 113 Å². The zero-order chi connectivity index (χ0) is 14.2. The molecular weight excluding hydrogens is 260 g/mol. The van der Waals surface area contributed by atoms with Crippen molar-refractivity contribution in [1.29, 1.82) is 0 Å². The number of piperidine rings is 1. The maximum atomic E-state index is 11.6. The molecule has 1 amide bonds. The highest BCUT2D eigenvalue weighted by molar-refractivity contribution is 7.76. The summed E-state index contributed by atoms with van der Waals surface area (Å²) in [4.78, 5) is 11.6. The molecule has 0 saturated carbocycles. The van der Waals surface area contributed by atoms with Crippen molar-refractivity contribution in [3.8, 4) is 0 Å². The van der Waals surface area contributed by atoms with Crippen LogP contribution in [0, 0.1) is 11.8 Å². The summed E-state index contributed by atoms with van der Waals surface area (Å²) in [6.07, 6.45) is 0. The molecule has 0 spiro atoms. The van der Waals surface area contributed by atoms with E-state index >= 15 is 0 Å². The molecule has 1 heterocycles. The summed E-state index contributed by atoms with van der Waals surface area (Å²) in [6.45, 7) is 6.51. The highest BCUT2D eigenvalue weighted by Crippen LogP contribution is 2.40. The van der Waals surface area contributed by atoms with E-state index in [9.17, 15) is 18.7 Å². The smallest absolute Gasteiger partial charge is 0.261 e. The van der Waals surface area contributed by atoms with E-state index < -0.39 is 40.8 Å². The monoisotopic (exact) mass is 279 g/mol. The highest BCUT2D eigenvalue weighted by Gasteiger charge is 2.52. The Labute approximate surface area is 109 Å². The van der Waals surface area contributed by atoms with Crippen molar-refractivity contribution in [2.75, 3.05) is 0 Å². The molecule has 18 heavy (non-hydrogen) atoms. The third kappa shape index (κ3) is 2.30. The number of rotatable bonds is 2. The van der Waals surface area contributed by atoms with Crippen molar-refractivity contribution >= 4 is 17.2 Å². The summed E-state index contributed by atoms with van der Waals surface area (Å²) in [5.74, 6) is -1.52. The second-order valence-electron chi connectivity index (χ2n) is 5.05. The number of carbonyl (C=O) groups excluding carboxylic acids is 1. The van der Waals surface area contributed by atoms with Gasteiger partial charge in [0, 0.05) is 17.3 Å². The lowest BCUT2D eigenvalue weighted by atomic mass is 9.70. The first-order valence-corrected chi connectivity index (χ1v) is 6.73. The maximum absolute atomic E-state index is 11.6. The second-order valence-corrected chi connectivity index (χ2v) is 5.90. The first kappa shape index (κ1) is 15.5.